The Morgan fingerprint density at radius 2 is 2.21 bits per heavy atom. The molecule has 0 aliphatic carbocycles. The van der Waals surface area contributed by atoms with E-state index in [9.17, 15) is 4.79 Å². The molecule has 0 aliphatic heterocycles. The summed E-state index contributed by atoms with van der Waals surface area (Å²) in [5, 5.41) is 3.22. The third-order valence-electron chi connectivity index (χ3n) is 1.73. The Bertz CT molecular complexity index is 150. The number of hydrogen-bond acceptors (Lipinski definition) is 4. The SMILES string of the molecule is CCCCNCC(C)OC(=O)COC. The fourth-order valence-corrected chi connectivity index (χ4v) is 1.03. The highest BCUT2D eigenvalue weighted by Crippen LogP contribution is 1.91. The van der Waals surface area contributed by atoms with E-state index in [4.69, 9.17) is 4.74 Å². The van der Waals surface area contributed by atoms with Gasteiger partial charge in [0.1, 0.15) is 12.7 Å². The zero-order valence-electron chi connectivity index (χ0n) is 9.34. The van der Waals surface area contributed by atoms with Crippen molar-refractivity contribution >= 4 is 5.97 Å². The van der Waals surface area contributed by atoms with Crippen LogP contribution in [0, 0.1) is 0 Å². The molecule has 0 fully saturated rings. The largest absolute Gasteiger partial charge is 0.460 e. The Morgan fingerprint density at radius 1 is 1.50 bits per heavy atom. The lowest BCUT2D eigenvalue weighted by Gasteiger charge is -2.13. The minimum Gasteiger partial charge on any atom is -0.460 e. The molecule has 1 atom stereocenters. The maximum absolute atomic E-state index is 11.0. The minimum atomic E-state index is -0.308. The summed E-state index contributed by atoms with van der Waals surface area (Å²) in [6.45, 7) is 5.72. The Hall–Kier alpha value is -0.610. The lowest BCUT2D eigenvalue weighted by atomic mass is 10.3. The first-order chi connectivity index (χ1) is 6.70. The van der Waals surface area contributed by atoms with Crippen LogP contribution in [0.5, 0.6) is 0 Å². The van der Waals surface area contributed by atoms with Crippen LogP contribution >= 0.6 is 0 Å². The van der Waals surface area contributed by atoms with E-state index in [1.54, 1.807) is 0 Å². The number of unbranched alkanes of at least 4 members (excludes halogenated alkanes) is 1. The maximum atomic E-state index is 11.0. The van der Waals surface area contributed by atoms with Crippen molar-refractivity contribution in [2.24, 2.45) is 0 Å². The normalized spacial score (nSPS) is 12.5. The third kappa shape index (κ3) is 8.01. The summed E-state index contributed by atoms with van der Waals surface area (Å²) in [5.74, 6) is -0.308. The van der Waals surface area contributed by atoms with Gasteiger partial charge in [-0.05, 0) is 19.9 Å². The second-order valence-electron chi connectivity index (χ2n) is 3.29. The van der Waals surface area contributed by atoms with E-state index in [-0.39, 0.29) is 18.7 Å². The zero-order chi connectivity index (χ0) is 10.8. The molecular formula is C10H21NO3. The average Bonchev–Trinajstić information content (AvgIpc) is 2.13. The Balaban J connectivity index is 3.35. The molecule has 0 amide bonds. The molecular weight excluding hydrogens is 182 g/mol. The van der Waals surface area contributed by atoms with Gasteiger partial charge in [-0.2, -0.15) is 0 Å². The summed E-state index contributed by atoms with van der Waals surface area (Å²) < 4.78 is 9.70. The summed E-state index contributed by atoms with van der Waals surface area (Å²) in [6.07, 6.45) is 2.23. The van der Waals surface area contributed by atoms with Crippen molar-refractivity contribution in [3.63, 3.8) is 0 Å². The van der Waals surface area contributed by atoms with Crippen molar-refractivity contribution < 1.29 is 14.3 Å². The van der Waals surface area contributed by atoms with Crippen molar-refractivity contribution in [2.45, 2.75) is 32.8 Å². The molecule has 0 saturated carbocycles. The molecule has 0 aromatic rings. The number of carbonyl (C=O) groups is 1. The predicted octanol–water partition coefficient (Wildman–Crippen LogP) is 0.954. The molecule has 0 heterocycles. The lowest BCUT2D eigenvalue weighted by molar-refractivity contribution is -0.152. The summed E-state index contributed by atoms with van der Waals surface area (Å²) in [7, 11) is 1.48. The number of ether oxygens (including phenoxy) is 2. The molecule has 0 aromatic heterocycles. The molecule has 0 radical (unpaired) electrons. The van der Waals surface area contributed by atoms with Crippen LogP contribution in [0.2, 0.25) is 0 Å². The van der Waals surface area contributed by atoms with E-state index >= 15 is 0 Å². The lowest BCUT2D eigenvalue weighted by Crippen LogP contribution is -2.30. The molecule has 14 heavy (non-hydrogen) atoms. The smallest absolute Gasteiger partial charge is 0.332 e. The number of esters is 1. The number of rotatable bonds is 8. The molecule has 0 aromatic carbocycles. The van der Waals surface area contributed by atoms with Gasteiger partial charge in [0, 0.05) is 13.7 Å². The van der Waals surface area contributed by atoms with Crippen LogP contribution in [0.3, 0.4) is 0 Å². The second kappa shape index (κ2) is 8.97. The molecule has 0 bridgehead atoms. The molecule has 4 heteroatoms. The standard InChI is InChI=1S/C10H21NO3/c1-4-5-6-11-7-9(2)14-10(12)8-13-3/h9,11H,4-8H2,1-3H3. The van der Waals surface area contributed by atoms with E-state index in [0.717, 1.165) is 13.0 Å². The Morgan fingerprint density at radius 3 is 2.79 bits per heavy atom. The fourth-order valence-electron chi connectivity index (χ4n) is 1.03. The van der Waals surface area contributed by atoms with E-state index in [1.807, 2.05) is 6.92 Å². The molecule has 0 rings (SSSR count). The van der Waals surface area contributed by atoms with Gasteiger partial charge in [-0.3, -0.25) is 0 Å². The number of nitrogens with one attached hydrogen (secondary N) is 1. The van der Waals surface area contributed by atoms with Crippen LogP contribution in [0.25, 0.3) is 0 Å². The summed E-state index contributed by atoms with van der Waals surface area (Å²) in [6, 6.07) is 0. The van der Waals surface area contributed by atoms with Crippen LogP contribution in [0.1, 0.15) is 26.7 Å². The van der Waals surface area contributed by atoms with Crippen LogP contribution < -0.4 is 5.32 Å². The van der Waals surface area contributed by atoms with Crippen molar-refractivity contribution in [1.82, 2.24) is 5.32 Å². The third-order valence-corrected chi connectivity index (χ3v) is 1.73. The average molecular weight is 203 g/mol. The van der Waals surface area contributed by atoms with Gasteiger partial charge in [-0.15, -0.1) is 0 Å². The van der Waals surface area contributed by atoms with Crippen molar-refractivity contribution in [3.8, 4) is 0 Å². The Labute approximate surface area is 86.0 Å². The van der Waals surface area contributed by atoms with Crippen molar-refractivity contribution in [1.29, 1.82) is 0 Å². The first-order valence-electron chi connectivity index (χ1n) is 5.09. The molecule has 4 nitrogen and oxygen atoms in total. The maximum Gasteiger partial charge on any atom is 0.332 e. The topological polar surface area (TPSA) is 47.6 Å². The first kappa shape index (κ1) is 13.4. The van der Waals surface area contributed by atoms with Gasteiger partial charge >= 0.3 is 5.97 Å². The van der Waals surface area contributed by atoms with E-state index < -0.39 is 0 Å². The molecule has 1 unspecified atom stereocenters. The van der Waals surface area contributed by atoms with E-state index in [0.29, 0.717) is 6.54 Å². The van der Waals surface area contributed by atoms with Crippen molar-refractivity contribution in [3.05, 3.63) is 0 Å². The predicted molar refractivity (Wildman–Crippen MR) is 55.2 cm³/mol. The van der Waals surface area contributed by atoms with Crippen molar-refractivity contribution in [2.75, 3.05) is 26.8 Å². The van der Waals surface area contributed by atoms with Gasteiger partial charge in [0.05, 0.1) is 0 Å². The van der Waals surface area contributed by atoms with Crippen LogP contribution in [0.15, 0.2) is 0 Å². The van der Waals surface area contributed by atoms with Crippen LogP contribution in [-0.2, 0) is 14.3 Å². The number of methoxy groups -OCH3 is 1. The van der Waals surface area contributed by atoms with Gasteiger partial charge in [0.15, 0.2) is 0 Å². The molecule has 0 spiro atoms. The second-order valence-corrected chi connectivity index (χ2v) is 3.29. The minimum absolute atomic E-state index is 0.0271. The summed E-state index contributed by atoms with van der Waals surface area (Å²) in [4.78, 5) is 11.0. The van der Waals surface area contributed by atoms with Gasteiger partial charge < -0.3 is 14.8 Å². The molecule has 1 N–H and O–H groups in total. The monoisotopic (exact) mass is 203 g/mol. The number of hydrogen-bond donors (Lipinski definition) is 1. The number of carbonyl (C=O) groups excluding carboxylic acids is 1. The first-order valence-corrected chi connectivity index (χ1v) is 5.09. The highest BCUT2D eigenvalue weighted by Gasteiger charge is 2.07. The molecule has 84 valence electrons. The molecule has 0 aliphatic rings. The zero-order valence-corrected chi connectivity index (χ0v) is 9.34. The Kier molecular flexibility index (Phi) is 8.57. The van der Waals surface area contributed by atoms with Gasteiger partial charge in [0.2, 0.25) is 0 Å². The highest BCUT2D eigenvalue weighted by atomic mass is 16.6. The quantitative estimate of drug-likeness (QED) is 0.471. The summed E-state index contributed by atoms with van der Waals surface area (Å²) in [5.41, 5.74) is 0. The van der Waals surface area contributed by atoms with Gasteiger partial charge in [-0.25, -0.2) is 4.79 Å². The summed E-state index contributed by atoms with van der Waals surface area (Å²) >= 11 is 0. The van der Waals surface area contributed by atoms with Gasteiger partial charge in [0.25, 0.3) is 0 Å². The van der Waals surface area contributed by atoms with Crippen LogP contribution in [0.4, 0.5) is 0 Å². The van der Waals surface area contributed by atoms with Crippen LogP contribution in [-0.4, -0.2) is 38.9 Å². The van der Waals surface area contributed by atoms with Gasteiger partial charge in [-0.1, -0.05) is 13.3 Å². The molecule has 0 saturated heterocycles. The van der Waals surface area contributed by atoms with E-state index in [1.165, 1.54) is 13.5 Å². The highest BCUT2D eigenvalue weighted by molar-refractivity contribution is 5.70. The van der Waals surface area contributed by atoms with E-state index in [2.05, 4.69) is 17.0 Å². The fraction of sp³-hybridized carbons (Fsp3) is 0.900.